The molecule has 5 atom stereocenters. The molecule has 0 heterocycles. The summed E-state index contributed by atoms with van der Waals surface area (Å²) in [6.07, 6.45) is -11.6. The highest BCUT2D eigenvalue weighted by Crippen LogP contribution is 2.50. The van der Waals surface area contributed by atoms with Crippen molar-refractivity contribution in [3.05, 3.63) is 0 Å². The molecule has 0 bridgehead atoms. The molecule has 0 fully saturated rings. The Morgan fingerprint density at radius 3 is 1.10 bits per heavy atom. The molecule has 0 aromatic rings. The van der Waals surface area contributed by atoms with Crippen LogP contribution in [0.2, 0.25) is 0 Å². The van der Waals surface area contributed by atoms with Crippen LogP contribution in [-0.2, 0) is 41.6 Å². The summed E-state index contributed by atoms with van der Waals surface area (Å²) in [5.41, 5.74) is 0. The van der Waals surface area contributed by atoms with E-state index < -0.39 is 90.7 Å². The van der Waals surface area contributed by atoms with Crippen LogP contribution in [0.25, 0.3) is 0 Å². The van der Waals surface area contributed by atoms with E-state index in [1.54, 1.807) is 0 Å². The average molecular weight is 518 g/mol. The highest BCUT2D eigenvalue weighted by Gasteiger charge is 2.44. The van der Waals surface area contributed by atoms with Crippen molar-refractivity contribution in [3.63, 3.8) is 0 Å². The minimum absolute atomic E-state index is 1.39. The summed E-state index contributed by atoms with van der Waals surface area (Å²) in [5, 5.41) is 44.7. The predicted molar refractivity (Wildman–Crippen MR) is 95.8 cm³/mol. The van der Waals surface area contributed by atoms with Crippen LogP contribution in [0.4, 0.5) is 0 Å². The van der Waals surface area contributed by atoms with Gasteiger partial charge in [0.15, 0.2) is 0 Å². The van der Waals surface area contributed by atoms with Crippen molar-refractivity contribution < 1.29 is 81.9 Å². The smallest absolute Gasteiger partial charge is 0.339 e. The largest absolute Gasteiger partial charge is 0.481 e. The van der Waals surface area contributed by atoms with Gasteiger partial charge in [-0.3, -0.25) is 41.6 Å². The van der Waals surface area contributed by atoms with Crippen molar-refractivity contribution in [2.45, 2.75) is 18.3 Å². The molecule has 17 nitrogen and oxygen atoms in total. The monoisotopic (exact) mass is 518 g/mol. The van der Waals surface area contributed by atoms with Gasteiger partial charge in [0.05, 0.1) is 13.2 Å². The van der Waals surface area contributed by atoms with E-state index in [0.29, 0.717) is 0 Å². The van der Waals surface area contributed by atoms with Gasteiger partial charge in [0.25, 0.3) is 0 Å². The first kappa shape index (κ1) is 29.8. The Balaban J connectivity index is 6.09. The Morgan fingerprint density at radius 1 is 0.613 bits per heavy atom. The topological polar surface area (TPSA) is 292 Å². The molecule has 0 aromatic carbocycles. The second-order valence-electron chi connectivity index (χ2n) is 5.79. The Morgan fingerprint density at radius 2 is 0.871 bits per heavy atom. The summed E-state index contributed by atoms with van der Waals surface area (Å²) in [4.78, 5) is 60.8. The van der Waals surface area contributed by atoms with Crippen LogP contribution in [0, 0.1) is 0 Å². The van der Waals surface area contributed by atoms with Crippen LogP contribution in [0.15, 0.2) is 0 Å². The molecule has 0 amide bonds. The van der Waals surface area contributed by atoms with Gasteiger partial charge in [0.1, 0.15) is 36.8 Å². The maximum atomic E-state index is 12.0. The fourth-order valence-electron chi connectivity index (χ4n) is 2.01. The first-order valence-corrected chi connectivity index (χ1v) is 13.1. The van der Waals surface area contributed by atoms with Gasteiger partial charge in [-0.05, 0) is 0 Å². The number of rotatable bonds is 16. The van der Waals surface area contributed by atoms with Crippen LogP contribution in [0.1, 0.15) is 0 Å². The lowest BCUT2D eigenvalue weighted by atomic mass is 10.1. The summed E-state index contributed by atoms with van der Waals surface area (Å²) in [6.45, 7) is -2.78. The van der Waals surface area contributed by atoms with E-state index >= 15 is 0 Å². The van der Waals surface area contributed by atoms with Crippen molar-refractivity contribution in [1.29, 1.82) is 0 Å². The Kier molecular flexibility index (Phi) is 11.7. The number of carboxylic acids is 3. The Bertz CT molecular complexity index is 748. The van der Waals surface area contributed by atoms with Gasteiger partial charge >= 0.3 is 40.7 Å². The fraction of sp³-hybridized carbons (Fsp3) is 0.727. The van der Waals surface area contributed by atoms with Crippen molar-refractivity contribution in [1.82, 2.24) is 0 Å². The van der Waals surface area contributed by atoms with Crippen molar-refractivity contribution >= 4 is 40.7 Å². The third-order valence-electron chi connectivity index (χ3n) is 2.98. The normalized spacial score (nSPS) is 20.4. The third kappa shape index (κ3) is 12.4. The maximum Gasteiger partial charge on any atom is 0.339 e. The summed E-state index contributed by atoms with van der Waals surface area (Å²) in [6, 6.07) is 0. The van der Waals surface area contributed by atoms with Gasteiger partial charge in [0.2, 0.25) is 0 Å². The van der Waals surface area contributed by atoms with Crippen molar-refractivity contribution in [2.24, 2.45) is 0 Å². The van der Waals surface area contributed by atoms with E-state index in [1.807, 2.05) is 0 Å². The van der Waals surface area contributed by atoms with E-state index in [2.05, 4.69) is 13.6 Å². The molecular formula is C11H21O17P3. The standard InChI is InChI=1S/C11H21O17P3/c12-1-6(26-29(20,21)3-8(14)15)11(28-31(24,25)5-10(18)19)7(2-13)27-30(22,23)4-9(16)17/h6-7,11-13H,1-5H2,(H,14,15)(H,16,17)(H,18,19)(H,20,21)(H,22,23)(H,24,25)/t6-,7-/m1/s1. The van der Waals surface area contributed by atoms with Crippen LogP contribution in [0.3, 0.4) is 0 Å². The molecule has 31 heavy (non-hydrogen) atoms. The highest BCUT2D eigenvalue weighted by atomic mass is 31.2. The van der Waals surface area contributed by atoms with Crippen LogP contribution >= 0.6 is 22.8 Å². The predicted octanol–water partition coefficient (Wildman–Crippen LogP) is -2.06. The number of aliphatic hydroxyl groups is 2. The second kappa shape index (κ2) is 12.1. The zero-order valence-corrected chi connectivity index (χ0v) is 18.0. The lowest BCUT2D eigenvalue weighted by Crippen LogP contribution is -2.45. The number of carbonyl (C=O) groups is 3. The van der Waals surface area contributed by atoms with E-state index in [9.17, 15) is 53.0 Å². The first-order valence-electron chi connectivity index (χ1n) is 7.81. The second-order valence-corrected chi connectivity index (χ2v) is 11.2. The molecule has 0 aromatic heterocycles. The minimum Gasteiger partial charge on any atom is -0.481 e. The molecule has 0 saturated heterocycles. The summed E-state index contributed by atoms with van der Waals surface area (Å²) >= 11 is 0. The summed E-state index contributed by atoms with van der Waals surface area (Å²) in [5.74, 6) is -5.55. The molecule has 0 rings (SSSR count). The number of aliphatic carboxylic acids is 3. The average Bonchev–Trinajstić information content (AvgIpc) is 2.52. The van der Waals surface area contributed by atoms with Crippen molar-refractivity contribution in [3.8, 4) is 0 Å². The molecule has 0 aliphatic rings. The lowest BCUT2D eigenvalue weighted by molar-refractivity contribution is -0.136. The van der Waals surface area contributed by atoms with Gasteiger partial charge in [-0.1, -0.05) is 0 Å². The summed E-state index contributed by atoms with van der Waals surface area (Å²) < 4.78 is 49.2. The van der Waals surface area contributed by atoms with Crippen LogP contribution < -0.4 is 0 Å². The Labute approximate surface area is 173 Å². The number of carboxylic acid groups (broad SMARTS) is 3. The van der Waals surface area contributed by atoms with E-state index in [0.717, 1.165) is 0 Å². The number of aliphatic hydroxyl groups excluding tert-OH is 2. The van der Waals surface area contributed by atoms with E-state index in [1.165, 1.54) is 0 Å². The fourth-order valence-corrected chi connectivity index (χ4v) is 5.13. The van der Waals surface area contributed by atoms with Gasteiger partial charge in [-0.2, -0.15) is 0 Å². The zero-order chi connectivity index (χ0) is 24.6. The highest BCUT2D eigenvalue weighted by molar-refractivity contribution is 7.54. The maximum absolute atomic E-state index is 12.0. The van der Waals surface area contributed by atoms with Crippen molar-refractivity contribution in [2.75, 3.05) is 31.7 Å². The molecule has 3 unspecified atom stereocenters. The molecule has 182 valence electrons. The number of hydrogen-bond acceptors (Lipinski definition) is 11. The molecule has 0 radical (unpaired) electrons. The third-order valence-corrected chi connectivity index (χ3v) is 6.77. The molecule has 0 aliphatic carbocycles. The molecule has 0 aliphatic heterocycles. The summed E-state index contributed by atoms with van der Waals surface area (Å²) in [7, 11) is -15.3. The Hall–Kier alpha value is -1.22. The molecule has 8 N–H and O–H groups in total. The molecule has 20 heteroatoms. The quantitative estimate of drug-likeness (QED) is 0.102. The van der Waals surface area contributed by atoms with Crippen LogP contribution in [-0.4, -0.2) is 108 Å². The lowest BCUT2D eigenvalue weighted by Gasteiger charge is -2.33. The molecule has 0 spiro atoms. The number of hydrogen-bond donors (Lipinski definition) is 8. The van der Waals surface area contributed by atoms with E-state index in [4.69, 9.17) is 15.3 Å². The first-order chi connectivity index (χ1) is 13.9. The molecular weight excluding hydrogens is 497 g/mol. The molecule has 0 saturated carbocycles. The minimum atomic E-state index is -5.18. The van der Waals surface area contributed by atoms with Gasteiger partial charge in [-0.15, -0.1) is 0 Å². The van der Waals surface area contributed by atoms with Crippen LogP contribution in [0.5, 0.6) is 0 Å². The SMILES string of the molecule is O=C(O)CP(=O)(O)OC([C@@H](CO)OP(=O)(O)CC(=O)O)[C@@H](CO)OP(=O)(O)CC(=O)O. The van der Waals surface area contributed by atoms with Gasteiger partial charge in [0, 0.05) is 0 Å². The zero-order valence-electron chi connectivity index (χ0n) is 15.4. The van der Waals surface area contributed by atoms with Gasteiger partial charge < -0.3 is 40.2 Å². The van der Waals surface area contributed by atoms with E-state index in [-0.39, 0.29) is 0 Å². The van der Waals surface area contributed by atoms with Gasteiger partial charge in [-0.25, -0.2) is 0 Å².